The summed E-state index contributed by atoms with van der Waals surface area (Å²) < 4.78 is 18.5. The van der Waals surface area contributed by atoms with Crippen LogP contribution < -0.4 is 20.1 Å². The Morgan fingerprint density at radius 2 is 2.07 bits per heavy atom. The van der Waals surface area contributed by atoms with Crippen LogP contribution in [-0.4, -0.2) is 34.3 Å². The topological polar surface area (TPSA) is 108 Å². The van der Waals surface area contributed by atoms with Gasteiger partial charge < -0.3 is 24.5 Å². The molecule has 2 N–H and O–H groups in total. The van der Waals surface area contributed by atoms with Crippen molar-refractivity contribution in [2.45, 2.75) is 18.4 Å². The van der Waals surface area contributed by atoms with Crippen LogP contribution in [0.5, 0.6) is 11.5 Å². The highest BCUT2D eigenvalue weighted by atomic mass is 16.6. The number of aryl methyl sites for hydroxylation is 1. The second-order valence-corrected chi connectivity index (χ2v) is 6.91. The van der Waals surface area contributed by atoms with E-state index in [9.17, 15) is 9.59 Å². The highest BCUT2D eigenvalue weighted by Crippen LogP contribution is 2.41. The van der Waals surface area contributed by atoms with Crippen molar-refractivity contribution >= 4 is 23.5 Å². The lowest BCUT2D eigenvalue weighted by Gasteiger charge is -2.26. The van der Waals surface area contributed by atoms with Crippen LogP contribution in [-0.2, 0) is 16.6 Å². The Hall–Kier alpha value is -3.75. The van der Waals surface area contributed by atoms with Crippen molar-refractivity contribution in [1.82, 2.24) is 9.78 Å². The van der Waals surface area contributed by atoms with Gasteiger partial charge in [-0.3, -0.25) is 14.3 Å². The molecule has 2 amide bonds. The van der Waals surface area contributed by atoms with Gasteiger partial charge in [-0.2, -0.15) is 5.10 Å². The fourth-order valence-electron chi connectivity index (χ4n) is 3.66. The van der Waals surface area contributed by atoms with Crippen LogP contribution >= 0.6 is 0 Å². The van der Waals surface area contributed by atoms with Gasteiger partial charge in [0.25, 0.3) is 5.91 Å². The monoisotopic (exact) mass is 394 g/mol. The van der Waals surface area contributed by atoms with Gasteiger partial charge in [0.1, 0.15) is 18.2 Å². The standard InChI is InChI=1S/C20H18N4O5/c1-24-19-17(11(9-16(25)21-19)12-7-4-8-27-12)18(23-24)22-20(26)15-10-28-13-5-2-3-6-14(13)29-15/h2-8,11,15H,9-10H2,1H3,(H,21,25)(H,22,23,26)/t11-,15-/m0/s1. The number of rotatable bonds is 3. The number of nitrogens with zero attached hydrogens (tertiary/aromatic N) is 2. The fourth-order valence-corrected chi connectivity index (χ4v) is 3.66. The molecule has 2 aliphatic heterocycles. The van der Waals surface area contributed by atoms with E-state index in [1.54, 1.807) is 37.6 Å². The third-order valence-corrected chi connectivity index (χ3v) is 5.01. The first-order valence-corrected chi connectivity index (χ1v) is 9.19. The first-order valence-electron chi connectivity index (χ1n) is 9.19. The number of hydrogen-bond donors (Lipinski definition) is 2. The Balaban J connectivity index is 1.43. The maximum atomic E-state index is 12.9. The number of fused-ring (bicyclic) bond motifs is 2. The van der Waals surface area contributed by atoms with E-state index in [2.05, 4.69) is 15.7 Å². The average Bonchev–Trinajstić information content (AvgIpc) is 3.36. The van der Waals surface area contributed by atoms with Crippen molar-refractivity contribution in [2.24, 2.45) is 7.05 Å². The van der Waals surface area contributed by atoms with Gasteiger partial charge in [0.2, 0.25) is 12.0 Å². The number of carbonyl (C=O) groups excluding carboxylic acids is 2. The van der Waals surface area contributed by atoms with Gasteiger partial charge in [-0.1, -0.05) is 12.1 Å². The summed E-state index contributed by atoms with van der Waals surface area (Å²) in [6, 6.07) is 10.8. The smallest absolute Gasteiger partial charge is 0.270 e. The zero-order valence-electron chi connectivity index (χ0n) is 15.5. The summed E-state index contributed by atoms with van der Waals surface area (Å²) in [4.78, 5) is 25.0. The van der Waals surface area contributed by atoms with Crippen LogP contribution in [0.25, 0.3) is 0 Å². The van der Waals surface area contributed by atoms with Crippen LogP contribution in [0.15, 0.2) is 47.1 Å². The number of aromatic nitrogens is 2. The van der Waals surface area contributed by atoms with Gasteiger partial charge in [0, 0.05) is 13.5 Å². The zero-order chi connectivity index (χ0) is 20.0. The minimum Gasteiger partial charge on any atom is -0.485 e. The van der Waals surface area contributed by atoms with Crippen LogP contribution in [0.1, 0.15) is 23.7 Å². The minimum atomic E-state index is -0.817. The van der Waals surface area contributed by atoms with Crippen molar-refractivity contribution in [3.8, 4) is 11.5 Å². The molecule has 1 aromatic carbocycles. The third kappa shape index (κ3) is 3.00. The third-order valence-electron chi connectivity index (χ3n) is 5.01. The molecule has 2 atom stereocenters. The number of para-hydroxylation sites is 2. The largest absolute Gasteiger partial charge is 0.485 e. The number of hydrogen-bond acceptors (Lipinski definition) is 6. The van der Waals surface area contributed by atoms with E-state index in [4.69, 9.17) is 13.9 Å². The van der Waals surface area contributed by atoms with E-state index in [1.165, 1.54) is 4.68 Å². The molecule has 0 unspecified atom stereocenters. The summed E-state index contributed by atoms with van der Waals surface area (Å²) in [5.74, 6) is 1.78. The molecule has 9 nitrogen and oxygen atoms in total. The van der Waals surface area contributed by atoms with Gasteiger partial charge in [0.15, 0.2) is 17.3 Å². The summed E-state index contributed by atoms with van der Waals surface area (Å²) >= 11 is 0. The van der Waals surface area contributed by atoms with Crippen molar-refractivity contribution < 1.29 is 23.5 Å². The van der Waals surface area contributed by atoms with E-state index in [0.29, 0.717) is 34.5 Å². The molecule has 2 aliphatic rings. The maximum absolute atomic E-state index is 12.9. The molecule has 9 heteroatoms. The number of nitrogens with one attached hydrogen (secondary N) is 2. The molecule has 4 heterocycles. The van der Waals surface area contributed by atoms with E-state index >= 15 is 0 Å². The second kappa shape index (κ2) is 6.69. The Morgan fingerprint density at radius 3 is 2.86 bits per heavy atom. The molecule has 0 radical (unpaired) electrons. The number of anilines is 2. The lowest BCUT2D eigenvalue weighted by molar-refractivity contribution is -0.125. The normalized spacial score (nSPS) is 20.0. The number of ether oxygens (including phenoxy) is 2. The second-order valence-electron chi connectivity index (χ2n) is 6.91. The van der Waals surface area contributed by atoms with Crippen LogP contribution in [0.3, 0.4) is 0 Å². The highest BCUT2D eigenvalue weighted by Gasteiger charge is 2.36. The Bertz CT molecular complexity index is 1090. The number of amides is 2. The zero-order valence-corrected chi connectivity index (χ0v) is 15.5. The Kier molecular flexibility index (Phi) is 4.01. The molecule has 5 rings (SSSR count). The lowest BCUT2D eigenvalue weighted by Crippen LogP contribution is -2.40. The van der Waals surface area contributed by atoms with Gasteiger partial charge in [-0.25, -0.2) is 0 Å². The van der Waals surface area contributed by atoms with Gasteiger partial charge >= 0.3 is 0 Å². The summed E-state index contributed by atoms with van der Waals surface area (Å²) in [5, 5.41) is 10.0. The molecule has 0 saturated carbocycles. The Morgan fingerprint density at radius 1 is 1.24 bits per heavy atom. The molecular weight excluding hydrogens is 376 g/mol. The van der Waals surface area contributed by atoms with E-state index in [1.807, 2.05) is 12.1 Å². The molecule has 2 aromatic heterocycles. The van der Waals surface area contributed by atoms with E-state index < -0.39 is 6.10 Å². The average molecular weight is 394 g/mol. The first kappa shape index (κ1) is 17.4. The molecule has 0 aliphatic carbocycles. The summed E-state index contributed by atoms with van der Waals surface area (Å²) in [6.07, 6.45) is 0.939. The van der Waals surface area contributed by atoms with Crippen LogP contribution in [0.4, 0.5) is 11.6 Å². The molecule has 0 saturated heterocycles. The van der Waals surface area contributed by atoms with Gasteiger partial charge in [-0.05, 0) is 24.3 Å². The quantitative estimate of drug-likeness (QED) is 0.706. The molecule has 29 heavy (non-hydrogen) atoms. The van der Waals surface area contributed by atoms with Crippen LogP contribution in [0.2, 0.25) is 0 Å². The molecule has 0 bridgehead atoms. The van der Waals surface area contributed by atoms with Crippen LogP contribution in [0, 0.1) is 0 Å². The van der Waals surface area contributed by atoms with Gasteiger partial charge in [0.05, 0.1) is 17.7 Å². The molecule has 0 spiro atoms. The van der Waals surface area contributed by atoms with Crippen molar-refractivity contribution in [2.75, 3.05) is 17.2 Å². The lowest BCUT2D eigenvalue weighted by atomic mass is 9.91. The summed E-state index contributed by atoms with van der Waals surface area (Å²) in [7, 11) is 1.70. The molecular formula is C20H18N4O5. The van der Waals surface area contributed by atoms with E-state index in [-0.39, 0.29) is 30.8 Å². The molecule has 3 aromatic rings. The predicted octanol–water partition coefficient (Wildman–Crippen LogP) is 2.27. The van der Waals surface area contributed by atoms with Crippen molar-refractivity contribution in [1.29, 1.82) is 0 Å². The predicted molar refractivity (Wildman–Crippen MR) is 102 cm³/mol. The number of carbonyl (C=O) groups is 2. The molecule has 0 fully saturated rings. The number of furan rings is 1. The van der Waals surface area contributed by atoms with Crippen molar-refractivity contribution in [3.05, 3.63) is 54.0 Å². The summed E-state index contributed by atoms with van der Waals surface area (Å²) in [5.41, 5.74) is 0.701. The highest BCUT2D eigenvalue weighted by molar-refractivity contribution is 5.99. The van der Waals surface area contributed by atoms with Gasteiger partial charge in [-0.15, -0.1) is 0 Å². The summed E-state index contributed by atoms with van der Waals surface area (Å²) in [6.45, 7) is 0.0935. The maximum Gasteiger partial charge on any atom is 0.270 e. The fraction of sp³-hybridized carbons (Fsp3) is 0.250. The Labute approximate surface area is 165 Å². The number of benzene rings is 1. The van der Waals surface area contributed by atoms with Crippen molar-refractivity contribution in [3.63, 3.8) is 0 Å². The first-order chi connectivity index (χ1) is 14.1. The molecule has 148 valence electrons. The minimum absolute atomic E-state index is 0.0935. The SMILES string of the molecule is Cn1nc(NC(=O)[C@@H]2COc3ccccc3O2)c2c1NC(=O)C[C@H]2c1ccco1. The van der Waals surface area contributed by atoms with E-state index in [0.717, 1.165) is 0 Å².